The number of nitrogens with one attached hydrogen (secondary N) is 1. The molecular weight excluding hydrogens is 256 g/mol. The summed E-state index contributed by atoms with van der Waals surface area (Å²) in [6, 6.07) is 6.14. The van der Waals surface area contributed by atoms with E-state index in [0.29, 0.717) is 19.8 Å². The lowest BCUT2D eigenvalue weighted by atomic mass is 10.1. The Kier molecular flexibility index (Phi) is 3.60. The van der Waals surface area contributed by atoms with Crippen molar-refractivity contribution in [2.75, 3.05) is 32.2 Å². The average molecular weight is 274 g/mol. The van der Waals surface area contributed by atoms with E-state index in [4.69, 9.17) is 14.2 Å². The number of pyridine rings is 1. The van der Waals surface area contributed by atoms with E-state index in [1.807, 2.05) is 18.2 Å². The van der Waals surface area contributed by atoms with Gasteiger partial charge in [0.2, 0.25) is 0 Å². The van der Waals surface area contributed by atoms with E-state index >= 15 is 0 Å². The zero-order valence-corrected chi connectivity index (χ0v) is 11.7. The van der Waals surface area contributed by atoms with Gasteiger partial charge in [-0.2, -0.15) is 0 Å². The number of hydrogen-bond acceptors (Lipinski definition) is 5. The first-order valence-corrected chi connectivity index (χ1v) is 6.72. The Labute approximate surface area is 117 Å². The van der Waals surface area contributed by atoms with Crippen molar-refractivity contribution in [3.8, 4) is 11.5 Å². The third-order valence-electron chi connectivity index (χ3n) is 3.23. The number of rotatable bonds is 4. The van der Waals surface area contributed by atoms with Crippen molar-refractivity contribution in [3.05, 3.63) is 24.4 Å². The number of methoxy groups -OCH3 is 1. The third-order valence-corrected chi connectivity index (χ3v) is 3.23. The molecule has 0 fully saturated rings. The molecule has 0 spiro atoms. The number of anilines is 1. The molecule has 1 aromatic heterocycles. The van der Waals surface area contributed by atoms with Gasteiger partial charge in [-0.05, 0) is 30.5 Å². The summed E-state index contributed by atoms with van der Waals surface area (Å²) in [7, 11) is 1.69. The number of hydrogen-bond donors (Lipinski definition) is 1. The molecule has 2 heterocycles. The van der Waals surface area contributed by atoms with Gasteiger partial charge in [0.1, 0.15) is 19.0 Å². The molecule has 20 heavy (non-hydrogen) atoms. The Bertz CT molecular complexity index is 615. The van der Waals surface area contributed by atoms with Crippen LogP contribution < -0.4 is 14.8 Å². The average Bonchev–Trinajstić information content (AvgIpc) is 2.46. The summed E-state index contributed by atoms with van der Waals surface area (Å²) in [6.07, 6.45) is 1.79. The van der Waals surface area contributed by atoms with Gasteiger partial charge in [0.05, 0.1) is 6.61 Å². The Morgan fingerprint density at radius 3 is 2.80 bits per heavy atom. The van der Waals surface area contributed by atoms with E-state index in [1.54, 1.807) is 13.3 Å². The second-order valence-electron chi connectivity index (χ2n) is 4.88. The normalized spacial score (nSPS) is 15.1. The summed E-state index contributed by atoms with van der Waals surface area (Å²) < 4.78 is 16.4. The molecule has 0 bridgehead atoms. The van der Waals surface area contributed by atoms with Crippen LogP contribution in [-0.2, 0) is 4.74 Å². The molecule has 1 N–H and O–H groups in total. The maximum Gasteiger partial charge on any atom is 0.162 e. The van der Waals surface area contributed by atoms with Gasteiger partial charge in [-0.15, -0.1) is 0 Å². The standard InChI is InChI=1S/C15H18N2O3/c1-10(9-18-2)17-15-12-8-14-13(19-5-6-20-14)7-11(12)3-4-16-15/h3-4,7-8,10H,5-6,9H2,1-2H3,(H,16,17). The van der Waals surface area contributed by atoms with Crippen molar-refractivity contribution in [2.24, 2.45) is 0 Å². The van der Waals surface area contributed by atoms with Crippen LogP contribution in [0.1, 0.15) is 6.92 Å². The number of aromatic nitrogens is 1. The van der Waals surface area contributed by atoms with Gasteiger partial charge in [0, 0.05) is 24.7 Å². The molecule has 0 radical (unpaired) electrons. The fraction of sp³-hybridized carbons (Fsp3) is 0.400. The molecule has 1 aliphatic rings. The van der Waals surface area contributed by atoms with Crippen molar-refractivity contribution in [1.82, 2.24) is 4.98 Å². The second-order valence-corrected chi connectivity index (χ2v) is 4.88. The monoisotopic (exact) mass is 274 g/mol. The van der Waals surface area contributed by atoms with E-state index in [0.717, 1.165) is 28.1 Å². The number of benzene rings is 1. The van der Waals surface area contributed by atoms with E-state index in [1.165, 1.54) is 0 Å². The summed E-state index contributed by atoms with van der Waals surface area (Å²) in [5, 5.41) is 5.47. The van der Waals surface area contributed by atoms with Crippen LogP contribution in [0.25, 0.3) is 10.8 Å². The molecule has 0 saturated heterocycles. The highest BCUT2D eigenvalue weighted by Crippen LogP contribution is 2.36. The topological polar surface area (TPSA) is 52.6 Å². The van der Waals surface area contributed by atoms with Crippen LogP contribution in [0.2, 0.25) is 0 Å². The molecule has 2 aromatic rings. The fourth-order valence-electron chi connectivity index (χ4n) is 2.35. The molecule has 0 saturated carbocycles. The lowest BCUT2D eigenvalue weighted by molar-refractivity contribution is 0.172. The lowest BCUT2D eigenvalue weighted by Crippen LogP contribution is -2.21. The number of nitrogens with zero attached hydrogens (tertiary/aromatic N) is 1. The van der Waals surface area contributed by atoms with E-state index in [-0.39, 0.29) is 6.04 Å². The number of fused-ring (bicyclic) bond motifs is 2. The van der Waals surface area contributed by atoms with E-state index in [2.05, 4.69) is 17.2 Å². The molecule has 1 aromatic carbocycles. The molecule has 1 unspecified atom stereocenters. The van der Waals surface area contributed by atoms with Gasteiger partial charge in [0.25, 0.3) is 0 Å². The minimum Gasteiger partial charge on any atom is -0.486 e. The van der Waals surface area contributed by atoms with Crippen LogP contribution in [-0.4, -0.2) is 38.0 Å². The Morgan fingerprint density at radius 1 is 1.30 bits per heavy atom. The van der Waals surface area contributed by atoms with Crippen molar-refractivity contribution in [2.45, 2.75) is 13.0 Å². The van der Waals surface area contributed by atoms with Crippen molar-refractivity contribution < 1.29 is 14.2 Å². The van der Waals surface area contributed by atoms with Gasteiger partial charge in [0.15, 0.2) is 11.5 Å². The Morgan fingerprint density at radius 2 is 2.05 bits per heavy atom. The van der Waals surface area contributed by atoms with Gasteiger partial charge in [-0.3, -0.25) is 0 Å². The summed E-state index contributed by atoms with van der Waals surface area (Å²) in [5.41, 5.74) is 0. The second kappa shape index (κ2) is 5.54. The van der Waals surface area contributed by atoms with Gasteiger partial charge in [-0.25, -0.2) is 4.98 Å². The van der Waals surface area contributed by atoms with Gasteiger partial charge < -0.3 is 19.5 Å². The van der Waals surface area contributed by atoms with Crippen molar-refractivity contribution >= 4 is 16.6 Å². The molecule has 106 valence electrons. The van der Waals surface area contributed by atoms with Crippen LogP contribution >= 0.6 is 0 Å². The molecule has 1 aliphatic heterocycles. The minimum absolute atomic E-state index is 0.186. The van der Waals surface area contributed by atoms with Crippen LogP contribution in [0.5, 0.6) is 11.5 Å². The van der Waals surface area contributed by atoms with E-state index < -0.39 is 0 Å². The van der Waals surface area contributed by atoms with Crippen LogP contribution in [0.3, 0.4) is 0 Å². The van der Waals surface area contributed by atoms with Crippen LogP contribution in [0, 0.1) is 0 Å². The Hall–Kier alpha value is -2.01. The first-order valence-electron chi connectivity index (χ1n) is 6.72. The van der Waals surface area contributed by atoms with E-state index in [9.17, 15) is 0 Å². The molecule has 1 atom stereocenters. The predicted molar refractivity (Wildman–Crippen MR) is 77.7 cm³/mol. The maximum atomic E-state index is 5.63. The zero-order valence-electron chi connectivity index (χ0n) is 11.7. The molecule has 0 amide bonds. The SMILES string of the molecule is COCC(C)Nc1nccc2cc3c(cc12)OCCO3. The maximum absolute atomic E-state index is 5.63. The molecule has 3 rings (SSSR count). The molecular formula is C15H18N2O3. The number of ether oxygens (including phenoxy) is 3. The minimum atomic E-state index is 0.186. The molecule has 5 heteroatoms. The van der Waals surface area contributed by atoms with Gasteiger partial charge >= 0.3 is 0 Å². The summed E-state index contributed by atoms with van der Waals surface area (Å²) in [4.78, 5) is 4.41. The van der Waals surface area contributed by atoms with Crippen molar-refractivity contribution in [3.63, 3.8) is 0 Å². The largest absolute Gasteiger partial charge is 0.486 e. The Balaban J connectivity index is 2.00. The molecule has 0 aliphatic carbocycles. The highest BCUT2D eigenvalue weighted by atomic mass is 16.6. The highest BCUT2D eigenvalue weighted by molar-refractivity contribution is 5.94. The predicted octanol–water partition coefficient (Wildman–Crippen LogP) is 2.45. The summed E-state index contributed by atoms with van der Waals surface area (Å²) in [6.45, 7) is 3.87. The highest BCUT2D eigenvalue weighted by Gasteiger charge is 2.15. The van der Waals surface area contributed by atoms with Crippen molar-refractivity contribution in [1.29, 1.82) is 0 Å². The smallest absolute Gasteiger partial charge is 0.162 e. The summed E-state index contributed by atoms with van der Waals surface area (Å²) in [5.74, 6) is 2.41. The first kappa shape index (κ1) is 13.0. The first-order chi connectivity index (χ1) is 9.78. The fourth-order valence-corrected chi connectivity index (χ4v) is 2.35. The zero-order chi connectivity index (χ0) is 13.9. The quantitative estimate of drug-likeness (QED) is 0.928. The van der Waals surface area contributed by atoms with Crippen LogP contribution in [0.15, 0.2) is 24.4 Å². The molecule has 5 nitrogen and oxygen atoms in total. The lowest BCUT2D eigenvalue weighted by Gasteiger charge is -2.20. The summed E-state index contributed by atoms with van der Waals surface area (Å²) >= 11 is 0. The van der Waals surface area contributed by atoms with Crippen LogP contribution in [0.4, 0.5) is 5.82 Å². The third kappa shape index (κ3) is 2.49. The van der Waals surface area contributed by atoms with Gasteiger partial charge in [-0.1, -0.05) is 0 Å².